The zero-order chi connectivity index (χ0) is 23.0. The molecule has 0 saturated carbocycles. The van der Waals surface area contributed by atoms with Gasteiger partial charge in [-0.15, -0.1) is 11.3 Å². The number of sulfonamides is 1. The van der Waals surface area contributed by atoms with E-state index in [0.717, 1.165) is 40.2 Å². The van der Waals surface area contributed by atoms with Crippen molar-refractivity contribution in [1.29, 1.82) is 0 Å². The van der Waals surface area contributed by atoms with Crippen molar-refractivity contribution in [1.82, 2.24) is 14.3 Å². The largest absolute Gasteiger partial charge is 0.495 e. The average molecular weight is 477 g/mol. The maximum absolute atomic E-state index is 12.6. The van der Waals surface area contributed by atoms with E-state index in [9.17, 15) is 13.2 Å². The van der Waals surface area contributed by atoms with E-state index in [0.29, 0.717) is 11.6 Å². The van der Waals surface area contributed by atoms with Crippen molar-refractivity contribution in [2.24, 2.45) is 0 Å². The Kier molecular flexibility index (Phi) is 6.06. The number of nitrogen functional groups attached to an aromatic ring is 1. The van der Waals surface area contributed by atoms with Crippen molar-refractivity contribution in [3.8, 4) is 5.75 Å². The van der Waals surface area contributed by atoms with Crippen LogP contribution in [0.4, 0.5) is 5.82 Å². The summed E-state index contributed by atoms with van der Waals surface area (Å²) < 4.78 is 36.7. The highest BCUT2D eigenvalue weighted by Crippen LogP contribution is 2.37. The predicted molar refractivity (Wildman–Crippen MR) is 121 cm³/mol. The fourth-order valence-corrected chi connectivity index (χ4v) is 6.07. The zero-order valence-corrected chi connectivity index (χ0v) is 19.7. The SMILES string of the molecule is COc1ccc(C(=O)OCc2nc(N)c3c4c(sc3n2)CCCC4)cc1S(=O)(=O)N(C)C. The third-order valence-corrected chi connectivity index (χ3v) is 8.40. The number of hydrogen-bond acceptors (Lipinski definition) is 9. The van der Waals surface area contributed by atoms with Gasteiger partial charge in [0, 0.05) is 19.0 Å². The average Bonchev–Trinajstić information content (AvgIpc) is 3.15. The van der Waals surface area contributed by atoms with Crippen molar-refractivity contribution >= 4 is 43.4 Å². The van der Waals surface area contributed by atoms with Crippen molar-refractivity contribution in [3.05, 3.63) is 40.0 Å². The Labute approximate surface area is 190 Å². The van der Waals surface area contributed by atoms with E-state index in [4.69, 9.17) is 15.2 Å². The van der Waals surface area contributed by atoms with E-state index in [1.807, 2.05) is 0 Å². The van der Waals surface area contributed by atoms with E-state index >= 15 is 0 Å². The normalized spacial score (nSPS) is 13.9. The Balaban J connectivity index is 1.57. The number of benzene rings is 1. The number of esters is 1. The van der Waals surface area contributed by atoms with Gasteiger partial charge in [-0.2, -0.15) is 0 Å². The third kappa shape index (κ3) is 4.03. The van der Waals surface area contributed by atoms with Crippen molar-refractivity contribution in [3.63, 3.8) is 0 Å². The van der Waals surface area contributed by atoms with Crippen LogP contribution in [0, 0.1) is 0 Å². The Morgan fingerprint density at radius 1 is 1.22 bits per heavy atom. The molecular formula is C21H24N4O5S2. The second-order valence-electron chi connectivity index (χ2n) is 7.65. The number of carbonyl (C=O) groups excluding carboxylic acids is 1. The number of thiophene rings is 1. The lowest BCUT2D eigenvalue weighted by Gasteiger charge is -2.15. The quantitative estimate of drug-likeness (QED) is 0.539. The van der Waals surface area contributed by atoms with E-state index in [-0.39, 0.29) is 22.8 Å². The molecule has 2 heterocycles. The molecule has 0 atom stereocenters. The highest BCUT2D eigenvalue weighted by atomic mass is 32.2. The van der Waals surface area contributed by atoms with Crippen LogP contribution in [-0.4, -0.2) is 49.9 Å². The topological polar surface area (TPSA) is 125 Å². The van der Waals surface area contributed by atoms with E-state index in [2.05, 4.69) is 9.97 Å². The Hall–Kier alpha value is -2.76. The van der Waals surface area contributed by atoms with Gasteiger partial charge < -0.3 is 15.2 Å². The van der Waals surface area contributed by atoms with E-state index in [1.165, 1.54) is 49.8 Å². The summed E-state index contributed by atoms with van der Waals surface area (Å²) in [7, 11) is 0.355. The lowest BCUT2D eigenvalue weighted by Crippen LogP contribution is -2.23. The lowest BCUT2D eigenvalue weighted by atomic mass is 9.97. The van der Waals surface area contributed by atoms with Gasteiger partial charge in [-0.05, 0) is 49.4 Å². The van der Waals surface area contributed by atoms with Crippen LogP contribution in [0.15, 0.2) is 23.1 Å². The number of hydrogen-bond donors (Lipinski definition) is 1. The molecule has 0 spiro atoms. The number of aromatic nitrogens is 2. The summed E-state index contributed by atoms with van der Waals surface area (Å²) in [6.07, 6.45) is 4.29. The van der Waals surface area contributed by atoms with Crippen LogP contribution in [-0.2, 0) is 34.2 Å². The van der Waals surface area contributed by atoms with Gasteiger partial charge in [0.2, 0.25) is 10.0 Å². The highest BCUT2D eigenvalue weighted by Gasteiger charge is 2.25. The molecule has 170 valence electrons. The first kappa shape index (κ1) is 22.4. The standard InChI is InChI=1S/C21H24N4O5S2/c1-25(2)32(27,28)16-10-12(8-9-14(16)29-3)21(26)30-11-17-23-19(22)18-13-6-4-5-7-15(13)31-20(18)24-17/h8-10H,4-7,11H2,1-3H3,(H2,22,23,24). The fourth-order valence-electron chi connectivity index (χ4n) is 3.71. The van der Waals surface area contributed by atoms with Crippen LogP contribution >= 0.6 is 11.3 Å². The summed E-state index contributed by atoms with van der Waals surface area (Å²) in [6.45, 7) is -0.177. The minimum Gasteiger partial charge on any atom is -0.495 e. The van der Waals surface area contributed by atoms with Gasteiger partial charge in [0.1, 0.15) is 21.3 Å². The van der Waals surface area contributed by atoms with Gasteiger partial charge >= 0.3 is 5.97 Å². The van der Waals surface area contributed by atoms with Crippen LogP contribution in [0.1, 0.15) is 39.5 Å². The molecule has 0 radical (unpaired) electrons. The van der Waals surface area contributed by atoms with Crippen LogP contribution in [0.5, 0.6) is 5.75 Å². The number of nitrogens with zero attached hydrogens (tertiary/aromatic N) is 3. The number of fused-ring (bicyclic) bond motifs is 3. The van der Waals surface area contributed by atoms with Gasteiger partial charge in [-0.25, -0.2) is 27.5 Å². The molecule has 9 nitrogen and oxygen atoms in total. The molecule has 1 aliphatic carbocycles. The highest BCUT2D eigenvalue weighted by molar-refractivity contribution is 7.89. The molecule has 32 heavy (non-hydrogen) atoms. The summed E-state index contributed by atoms with van der Waals surface area (Å²) in [4.78, 5) is 23.5. The lowest BCUT2D eigenvalue weighted by molar-refractivity contribution is 0.0462. The minimum absolute atomic E-state index is 0.0758. The Morgan fingerprint density at radius 3 is 2.69 bits per heavy atom. The number of carbonyl (C=O) groups is 1. The first-order chi connectivity index (χ1) is 15.2. The zero-order valence-electron chi connectivity index (χ0n) is 18.0. The second kappa shape index (κ2) is 8.64. The van der Waals surface area contributed by atoms with Gasteiger partial charge in [0.25, 0.3) is 0 Å². The summed E-state index contributed by atoms with van der Waals surface area (Å²) >= 11 is 1.61. The van der Waals surface area contributed by atoms with Crippen LogP contribution in [0.25, 0.3) is 10.2 Å². The minimum atomic E-state index is -3.81. The number of nitrogens with two attached hydrogens (primary N) is 1. The van der Waals surface area contributed by atoms with Gasteiger partial charge in [-0.1, -0.05) is 0 Å². The second-order valence-corrected chi connectivity index (χ2v) is 10.8. The van der Waals surface area contributed by atoms with E-state index in [1.54, 1.807) is 11.3 Å². The Bertz CT molecular complexity index is 1300. The van der Waals surface area contributed by atoms with Crippen LogP contribution in [0.2, 0.25) is 0 Å². The van der Waals surface area contributed by atoms with Crippen molar-refractivity contribution < 1.29 is 22.7 Å². The molecule has 11 heteroatoms. The molecule has 0 fully saturated rings. The van der Waals surface area contributed by atoms with Crippen LogP contribution in [0.3, 0.4) is 0 Å². The number of ether oxygens (including phenoxy) is 2. The van der Waals surface area contributed by atoms with Crippen molar-refractivity contribution in [2.75, 3.05) is 26.9 Å². The monoisotopic (exact) mass is 476 g/mol. The maximum Gasteiger partial charge on any atom is 0.338 e. The molecule has 0 bridgehead atoms. The van der Waals surface area contributed by atoms with Gasteiger partial charge in [0.05, 0.1) is 18.1 Å². The first-order valence-electron chi connectivity index (χ1n) is 10.1. The summed E-state index contributed by atoms with van der Waals surface area (Å²) in [5.41, 5.74) is 7.52. The molecule has 0 saturated heterocycles. The molecule has 0 unspecified atom stereocenters. The van der Waals surface area contributed by atoms with Gasteiger partial charge in [0.15, 0.2) is 12.4 Å². The molecule has 0 amide bonds. The molecular weight excluding hydrogens is 452 g/mol. The number of rotatable bonds is 6. The van der Waals surface area contributed by atoms with Crippen molar-refractivity contribution in [2.45, 2.75) is 37.2 Å². The number of anilines is 1. The summed E-state index contributed by atoms with van der Waals surface area (Å²) in [5, 5.41) is 0.911. The van der Waals surface area contributed by atoms with Crippen LogP contribution < -0.4 is 10.5 Å². The summed E-state index contributed by atoms with van der Waals surface area (Å²) in [5.74, 6) is 0.134. The molecule has 4 rings (SSSR count). The molecule has 2 N–H and O–H groups in total. The Morgan fingerprint density at radius 2 is 1.97 bits per heavy atom. The maximum atomic E-state index is 12.6. The molecule has 3 aromatic rings. The first-order valence-corrected chi connectivity index (χ1v) is 12.3. The smallest absolute Gasteiger partial charge is 0.338 e. The summed E-state index contributed by atoms with van der Waals surface area (Å²) in [6, 6.07) is 4.10. The number of aryl methyl sites for hydroxylation is 2. The molecule has 2 aromatic heterocycles. The predicted octanol–water partition coefficient (Wildman–Crippen LogP) is 2.77. The molecule has 0 aliphatic heterocycles. The molecule has 1 aliphatic rings. The number of methoxy groups -OCH3 is 1. The molecule has 1 aromatic carbocycles. The third-order valence-electron chi connectivity index (χ3n) is 5.38. The van der Waals surface area contributed by atoms with E-state index < -0.39 is 16.0 Å². The fraction of sp³-hybridized carbons (Fsp3) is 0.381. The van der Waals surface area contributed by atoms with Gasteiger partial charge in [-0.3, -0.25) is 0 Å².